The second-order valence-electron chi connectivity index (χ2n) is 4.94. The van der Waals surface area contributed by atoms with E-state index in [4.69, 9.17) is 22.1 Å². The molecule has 24 heavy (non-hydrogen) atoms. The molecule has 0 aliphatic rings. The quantitative estimate of drug-likeness (QED) is 0.756. The van der Waals surface area contributed by atoms with Crippen molar-refractivity contribution < 1.29 is 14.3 Å². The lowest BCUT2D eigenvalue weighted by molar-refractivity contribution is -0.118. The minimum Gasteiger partial charge on any atom is -0.491 e. The molecule has 0 aliphatic carbocycles. The average Bonchev–Trinajstić information content (AvgIpc) is 2.54. The normalized spacial score (nSPS) is 10.5. The highest BCUT2D eigenvalue weighted by atomic mass is 35.5. The van der Waals surface area contributed by atoms with Crippen LogP contribution in [0.15, 0.2) is 54.6 Å². The molecule has 0 radical (unpaired) electrons. The lowest BCUT2D eigenvalue weighted by Gasteiger charge is -2.10. The van der Waals surface area contributed by atoms with Crippen molar-refractivity contribution in [2.45, 2.75) is 6.42 Å². The SMILES string of the molecule is NC(=O)CCOc1ccccc1NC(=O)/C=C/c1cccc(Cl)c1. The number of ether oxygens (including phenoxy) is 1. The summed E-state index contributed by atoms with van der Waals surface area (Å²) in [6.07, 6.45) is 3.18. The molecule has 0 unspecified atom stereocenters. The van der Waals surface area contributed by atoms with Crippen LogP contribution in [0.25, 0.3) is 6.08 Å². The lowest BCUT2D eigenvalue weighted by Crippen LogP contribution is -2.15. The number of para-hydroxylation sites is 2. The fraction of sp³-hybridized carbons (Fsp3) is 0.111. The molecule has 2 amide bonds. The molecule has 3 N–H and O–H groups in total. The Morgan fingerprint density at radius 1 is 1.17 bits per heavy atom. The number of carbonyl (C=O) groups is 2. The van der Waals surface area contributed by atoms with E-state index in [0.29, 0.717) is 16.5 Å². The van der Waals surface area contributed by atoms with E-state index in [2.05, 4.69) is 5.32 Å². The third kappa shape index (κ3) is 5.78. The van der Waals surface area contributed by atoms with Crippen molar-refractivity contribution in [1.82, 2.24) is 0 Å². The van der Waals surface area contributed by atoms with Gasteiger partial charge in [0.25, 0.3) is 0 Å². The number of nitrogens with two attached hydrogens (primary N) is 1. The lowest BCUT2D eigenvalue weighted by atomic mass is 10.2. The maximum atomic E-state index is 12.0. The van der Waals surface area contributed by atoms with Gasteiger partial charge < -0.3 is 15.8 Å². The maximum absolute atomic E-state index is 12.0. The molecule has 0 spiro atoms. The Morgan fingerprint density at radius 3 is 2.71 bits per heavy atom. The summed E-state index contributed by atoms with van der Waals surface area (Å²) in [5.41, 5.74) is 6.41. The fourth-order valence-corrected chi connectivity index (χ4v) is 2.11. The van der Waals surface area contributed by atoms with Crippen molar-refractivity contribution >= 4 is 35.2 Å². The van der Waals surface area contributed by atoms with Crippen LogP contribution in [0, 0.1) is 0 Å². The molecule has 124 valence electrons. The Kier molecular flexibility index (Phi) is 6.40. The van der Waals surface area contributed by atoms with Crippen LogP contribution >= 0.6 is 11.6 Å². The monoisotopic (exact) mass is 344 g/mol. The number of nitrogens with one attached hydrogen (secondary N) is 1. The third-order valence-corrected chi connectivity index (χ3v) is 3.26. The molecule has 2 aromatic carbocycles. The Morgan fingerprint density at radius 2 is 1.96 bits per heavy atom. The Hall–Kier alpha value is -2.79. The van der Waals surface area contributed by atoms with Gasteiger partial charge in [0.05, 0.1) is 18.7 Å². The Balaban J connectivity index is 1.99. The average molecular weight is 345 g/mol. The second-order valence-corrected chi connectivity index (χ2v) is 5.37. The van der Waals surface area contributed by atoms with Gasteiger partial charge in [-0.25, -0.2) is 0 Å². The van der Waals surface area contributed by atoms with Gasteiger partial charge in [-0.2, -0.15) is 0 Å². The summed E-state index contributed by atoms with van der Waals surface area (Å²) in [5.74, 6) is -0.273. The van der Waals surface area contributed by atoms with Gasteiger partial charge in [-0.15, -0.1) is 0 Å². The zero-order valence-electron chi connectivity index (χ0n) is 12.9. The van der Waals surface area contributed by atoms with E-state index < -0.39 is 5.91 Å². The third-order valence-electron chi connectivity index (χ3n) is 3.03. The molecular formula is C18H17ClN2O3. The number of primary amides is 1. The highest BCUT2D eigenvalue weighted by Crippen LogP contribution is 2.24. The summed E-state index contributed by atoms with van der Waals surface area (Å²) in [5, 5.41) is 3.34. The first kappa shape index (κ1) is 17.6. The van der Waals surface area contributed by atoms with E-state index in [0.717, 1.165) is 5.56 Å². The first-order valence-electron chi connectivity index (χ1n) is 7.29. The number of benzene rings is 2. The van der Waals surface area contributed by atoms with Crippen molar-refractivity contribution in [3.63, 3.8) is 0 Å². The summed E-state index contributed by atoms with van der Waals surface area (Å²) in [6, 6.07) is 14.1. The standard InChI is InChI=1S/C18H17ClN2O3/c19-14-5-3-4-13(12-14)8-9-18(23)21-15-6-1-2-7-16(15)24-11-10-17(20)22/h1-9,12H,10-11H2,(H2,20,22)(H,21,23)/b9-8+. The van der Waals surface area contributed by atoms with Crippen LogP contribution in [-0.2, 0) is 9.59 Å². The molecule has 0 atom stereocenters. The van der Waals surface area contributed by atoms with Crippen molar-refractivity contribution in [3.8, 4) is 5.75 Å². The number of hydrogen-bond donors (Lipinski definition) is 2. The van der Waals surface area contributed by atoms with E-state index in [1.165, 1.54) is 6.08 Å². The van der Waals surface area contributed by atoms with Crippen LogP contribution in [0.1, 0.15) is 12.0 Å². The topological polar surface area (TPSA) is 81.4 Å². The van der Waals surface area contributed by atoms with Crippen molar-refractivity contribution in [2.24, 2.45) is 5.73 Å². The molecule has 0 bridgehead atoms. The van der Waals surface area contributed by atoms with Gasteiger partial charge in [-0.05, 0) is 35.9 Å². The van der Waals surface area contributed by atoms with Gasteiger partial charge in [-0.1, -0.05) is 35.9 Å². The van der Waals surface area contributed by atoms with Gasteiger partial charge in [-0.3, -0.25) is 9.59 Å². The summed E-state index contributed by atoms with van der Waals surface area (Å²) in [7, 11) is 0. The van der Waals surface area contributed by atoms with Crippen LogP contribution in [0.5, 0.6) is 5.75 Å². The molecule has 0 heterocycles. The molecule has 0 saturated heterocycles. The molecule has 0 fully saturated rings. The van der Waals surface area contributed by atoms with E-state index in [1.54, 1.807) is 42.5 Å². The highest BCUT2D eigenvalue weighted by molar-refractivity contribution is 6.30. The van der Waals surface area contributed by atoms with Gasteiger partial charge in [0.2, 0.25) is 11.8 Å². The van der Waals surface area contributed by atoms with Crippen LogP contribution in [-0.4, -0.2) is 18.4 Å². The van der Waals surface area contributed by atoms with E-state index >= 15 is 0 Å². The molecule has 0 aromatic heterocycles. The zero-order valence-corrected chi connectivity index (χ0v) is 13.6. The van der Waals surface area contributed by atoms with Crippen molar-refractivity contribution in [3.05, 3.63) is 65.2 Å². The van der Waals surface area contributed by atoms with Crippen LogP contribution in [0.2, 0.25) is 5.02 Å². The van der Waals surface area contributed by atoms with Crippen LogP contribution in [0.4, 0.5) is 5.69 Å². The first-order chi connectivity index (χ1) is 11.5. The van der Waals surface area contributed by atoms with E-state index in [9.17, 15) is 9.59 Å². The Labute approximate surface area is 145 Å². The number of halogens is 1. The molecule has 6 heteroatoms. The highest BCUT2D eigenvalue weighted by Gasteiger charge is 2.06. The Bertz CT molecular complexity index is 759. The van der Waals surface area contributed by atoms with Gasteiger partial charge in [0.1, 0.15) is 5.75 Å². The number of amides is 2. The molecular weight excluding hydrogens is 328 g/mol. The molecule has 2 aromatic rings. The summed E-state index contributed by atoms with van der Waals surface area (Å²) in [6.45, 7) is 0.153. The van der Waals surface area contributed by atoms with Crippen LogP contribution in [0.3, 0.4) is 0 Å². The summed E-state index contributed by atoms with van der Waals surface area (Å²) < 4.78 is 5.47. The van der Waals surface area contributed by atoms with E-state index in [-0.39, 0.29) is 18.9 Å². The van der Waals surface area contributed by atoms with Crippen LogP contribution < -0.4 is 15.8 Å². The second kappa shape index (κ2) is 8.74. The summed E-state index contributed by atoms with van der Waals surface area (Å²) >= 11 is 5.90. The molecule has 0 aliphatic heterocycles. The van der Waals surface area contributed by atoms with Gasteiger partial charge in [0.15, 0.2) is 0 Å². The predicted octanol–water partition coefficient (Wildman–Crippen LogP) is 3.25. The number of carbonyl (C=O) groups excluding carboxylic acids is 2. The number of rotatable bonds is 7. The molecule has 2 rings (SSSR count). The predicted molar refractivity (Wildman–Crippen MR) is 94.9 cm³/mol. The number of hydrogen-bond acceptors (Lipinski definition) is 3. The first-order valence-corrected chi connectivity index (χ1v) is 7.67. The zero-order chi connectivity index (χ0) is 17.4. The van der Waals surface area contributed by atoms with Gasteiger partial charge in [0, 0.05) is 11.1 Å². The fourth-order valence-electron chi connectivity index (χ4n) is 1.91. The smallest absolute Gasteiger partial charge is 0.248 e. The van der Waals surface area contributed by atoms with Crippen molar-refractivity contribution in [1.29, 1.82) is 0 Å². The minimum absolute atomic E-state index is 0.108. The molecule has 5 nitrogen and oxygen atoms in total. The van der Waals surface area contributed by atoms with Gasteiger partial charge >= 0.3 is 0 Å². The largest absolute Gasteiger partial charge is 0.491 e. The van der Waals surface area contributed by atoms with Crippen molar-refractivity contribution in [2.75, 3.05) is 11.9 Å². The molecule has 0 saturated carbocycles. The minimum atomic E-state index is -0.444. The maximum Gasteiger partial charge on any atom is 0.248 e. The van der Waals surface area contributed by atoms with E-state index in [1.807, 2.05) is 12.1 Å². The summed E-state index contributed by atoms with van der Waals surface area (Å²) in [4.78, 5) is 22.8. The number of anilines is 1.